The molecule has 1 amide bonds. The molecule has 0 radical (unpaired) electrons. The first kappa shape index (κ1) is 23.2. The van der Waals surface area contributed by atoms with Crippen molar-refractivity contribution in [3.8, 4) is 11.3 Å². The number of hydrogen-bond donors (Lipinski definition) is 2. The summed E-state index contributed by atoms with van der Waals surface area (Å²) in [7, 11) is 0. The maximum Gasteiger partial charge on any atom is 0.307 e. The first-order valence-electron chi connectivity index (χ1n) is 13.5. The Morgan fingerprint density at radius 3 is 2.58 bits per heavy atom. The van der Waals surface area contributed by atoms with Gasteiger partial charge in [0, 0.05) is 34.3 Å². The topological polar surface area (TPSA) is 73.4 Å². The SMILES string of the molecule is C[C@@H]1c2ccccc2CCN1C(=O)c1cc(C2CC2)c2cc(-c3ccc([C@H]4C[C@@H]4C(=O)O)cc3F)[nH]c2c1. The van der Waals surface area contributed by atoms with Crippen molar-refractivity contribution in [2.45, 2.75) is 50.5 Å². The van der Waals surface area contributed by atoms with E-state index in [0.717, 1.165) is 41.3 Å². The van der Waals surface area contributed by atoms with E-state index in [1.165, 1.54) is 17.2 Å². The molecule has 1 aromatic heterocycles. The van der Waals surface area contributed by atoms with Gasteiger partial charge in [0.2, 0.25) is 0 Å². The Morgan fingerprint density at radius 2 is 1.84 bits per heavy atom. The number of carboxylic acids is 1. The van der Waals surface area contributed by atoms with Crippen molar-refractivity contribution < 1.29 is 19.1 Å². The van der Waals surface area contributed by atoms with Crippen LogP contribution in [-0.2, 0) is 11.2 Å². The van der Waals surface area contributed by atoms with Crippen LogP contribution in [0.5, 0.6) is 0 Å². The summed E-state index contributed by atoms with van der Waals surface area (Å²) in [6, 6.07) is 19.3. The first-order chi connectivity index (χ1) is 18.4. The lowest BCUT2D eigenvalue weighted by Crippen LogP contribution is -2.38. The van der Waals surface area contributed by atoms with Gasteiger partial charge in [-0.2, -0.15) is 0 Å². The van der Waals surface area contributed by atoms with Gasteiger partial charge in [-0.1, -0.05) is 30.3 Å². The number of amides is 1. The van der Waals surface area contributed by atoms with E-state index >= 15 is 4.39 Å². The summed E-state index contributed by atoms with van der Waals surface area (Å²) in [6.45, 7) is 2.78. The van der Waals surface area contributed by atoms with Crippen LogP contribution in [0.4, 0.5) is 4.39 Å². The largest absolute Gasteiger partial charge is 0.481 e. The highest BCUT2D eigenvalue weighted by atomic mass is 19.1. The van der Waals surface area contributed by atoms with Crippen LogP contribution in [0.25, 0.3) is 22.2 Å². The molecule has 1 aliphatic heterocycles. The van der Waals surface area contributed by atoms with E-state index < -0.39 is 11.9 Å². The van der Waals surface area contributed by atoms with E-state index in [0.29, 0.717) is 35.7 Å². The number of carbonyl (C=O) groups excluding carboxylic acids is 1. The van der Waals surface area contributed by atoms with Gasteiger partial charge in [-0.15, -0.1) is 0 Å². The highest BCUT2D eigenvalue weighted by Gasteiger charge is 2.44. The molecule has 6 heteroatoms. The third kappa shape index (κ3) is 3.82. The van der Waals surface area contributed by atoms with Crippen molar-refractivity contribution in [3.05, 3.63) is 94.3 Å². The molecule has 192 valence electrons. The van der Waals surface area contributed by atoms with Crippen LogP contribution in [-0.4, -0.2) is 33.4 Å². The quantitative estimate of drug-likeness (QED) is 0.311. The Morgan fingerprint density at radius 1 is 1.03 bits per heavy atom. The molecule has 0 bridgehead atoms. The number of aliphatic carboxylic acids is 1. The van der Waals surface area contributed by atoms with Crippen LogP contribution >= 0.6 is 0 Å². The molecular weight excluding hydrogens is 479 g/mol. The van der Waals surface area contributed by atoms with Crippen LogP contribution in [0.1, 0.15) is 76.7 Å². The van der Waals surface area contributed by atoms with E-state index in [1.54, 1.807) is 6.07 Å². The molecule has 7 rings (SSSR count). The first-order valence-corrected chi connectivity index (χ1v) is 13.5. The summed E-state index contributed by atoms with van der Waals surface area (Å²) in [5.74, 6) is -1.27. The van der Waals surface area contributed by atoms with E-state index in [9.17, 15) is 14.7 Å². The van der Waals surface area contributed by atoms with Crippen LogP contribution in [0.2, 0.25) is 0 Å². The van der Waals surface area contributed by atoms with Crippen molar-refractivity contribution in [2.75, 3.05) is 6.54 Å². The molecule has 2 aliphatic carbocycles. The molecule has 38 heavy (non-hydrogen) atoms. The van der Waals surface area contributed by atoms with E-state index in [-0.39, 0.29) is 23.7 Å². The number of fused-ring (bicyclic) bond motifs is 2. The number of H-pyrrole nitrogens is 1. The van der Waals surface area contributed by atoms with E-state index in [2.05, 4.69) is 30.1 Å². The Hall–Kier alpha value is -3.93. The number of aromatic nitrogens is 1. The van der Waals surface area contributed by atoms with Gasteiger partial charge >= 0.3 is 5.97 Å². The molecule has 5 nitrogen and oxygen atoms in total. The van der Waals surface area contributed by atoms with Gasteiger partial charge in [0.05, 0.1) is 12.0 Å². The lowest BCUT2D eigenvalue weighted by molar-refractivity contribution is -0.138. The lowest BCUT2D eigenvalue weighted by Gasteiger charge is -2.35. The maximum atomic E-state index is 15.2. The number of benzene rings is 3. The average Bonchev–Trinajstić information content (AvgIpc) is 3.84. The van der Waals surface area contributed by atoms with Crippen LogP contribution in [0.3, 0.4) is 0 Å². The third-order valence-electron chi connectivity index (χ3n) is 8.71. The number of rotatable bonds is 5. The lowest BCUT2D eigenvalue weighted by atomic mass is 9.92. The van der Waals surface area contributed by atoms with Gasteiger partial charge in [0.1, 0.15) is 5.82 Å². The summed E-state index contributed by atoms with van der Waals surface area (Å²) in [5, 5.41) is 10.3. The molecule has 0 saturated heterocycles. The number of nitrogens with one attached hydrogen (secondary N) is 1. The normalized spacial score (nSPS) is 22.4. The predicted molar refractivity (Wildman–Crippen MR) is 144 cm³/mol. The van der Waals surface area contributed by atoms with Crippen molar-refractivity contribution in [1.82, 2.24) is 9.88 Å². The molecule has 4 aromatic rings. The minimum absolute atomic E-state index is 0.00604. The molecule has 2 heterocycles. The summed E-state index contributed by atoms with van der Waals surface area (Å²) in [4.78, 5) is 30.4. The Balaban J connectivity index is 1.23. The highest BCUT2D eigenvalue weighted by molar-refractivity contribution is 6.00. The monoisotopic (exact) mass is 508 g/mol. The minimum Gasteiger partial charge on any atom is -0.481 e. The second-order valence-electron chi connectivity index (χ2n) is 11.1. The Bertz CT molecular complexity index is 1620. The number of carbonyl (C=O) groups is 2. The zero-order valence-electron chi connectivity index (χ0n) is 21.2. The maximum absolute atomic E-state index is 15.2. The van der Waals surface area contributed by atoms with Gasteiger partial charge in [0.15, 0.2) is 0 Å². The fourth-order valence-corrected chi connectivity index (χ4v) is 6.30. The molecule has 3 aliphatic rings. The number of carboxylic acid groups (broad SMARTS) is 1. The van der Waals surface area contributed by atoms with Crippen molar-refractivity contribution >= 4 is 22.8 Å². The molecule has 0 unspecified atom stereocenters. The minimum atomic E-state index is -0.823. The van der Waals surface area contributed by atoms with Gasteiger partial charge in [0.25, 0.3) is 5.91 Å². The Kier molecular flexibility index (Phi) is 5.22. The molecule has 2 fully saturated rings. The standard InChI is InChI=1S/C32H29FN2O3/c1-17-22-5-3-2-4-18(22)10-11-35(17)31(36)21-12-24(19-6-7-19)26-16-30(34-29(26)14-21)23-9-8-20(13-28(23)33)25-15-27(25)32(37)38/h2-5,8-9,12-14,16-17,19,25,27,34H,6-7,10-11,15H2,1H3,(H,37,38)/t17-,25-,27+/m1/s1. The summed E-state index contributed by atoms with van der Waals surface area (Å²) in [5.41, 5.74) is 7.03. The molecule has 2 saturated carbocycles. The van der Waals surface area contributed by atoms with Gasteiger partial charge < -0.3 is 15.0 Å². The fourth-order valence-electron chi connectivity index (χ4n) is 6.30. The summed E-state index contributed by atoms with van der Waals surface area (Å²) >= 11 is 0. The van der Waals surface area contributed by atoms with Gasteiger partial charge in [-0.3, -0.25) is 9.59 Å². The zero-order chi connectivity index (χ0) is 26.1. The smallest absolute Gasteiger partial charge is 0.307 e. The van der Waals surface area contributed by atoms with Crippen molar-refractivity contribution in [3.63, 3.8) is 0 Å². The number of nitrogens with zero attached hydrogens (tertiary/aromatic N) is 1. The highest BCUT2D eigenvalue weighted by Crippen LogP contribution is 2.48. The molecule has 2 N–H and O–H groups in total. The van der Waals surface area contributed by atoms with Gasteiger partial charge in [-0.05, 0) is 97.0 Å². The summed E-state index contributed by atoms with van der Waals surface area (Å²) in [6.07, 6.45) is 3.59. The Labute approximate surface area is 220 Å². The van der Waals surface area contributed by atoms with Crippen molar-refractivity contribution in [2.24, 2.45) is 5.92 Å². The molecule has 0 spiro atoms. The van der Waals surface area contributed by atoms with Crippen LogP contribution in [0, 0.1) is 11.7 Å². The average molecular weight is 509 g/mol. The van der Waals surface area contributed by atoms with E-state index in [4.69, 9.17) is 0 Å². The second-order valence-corrected chi connectivity index (χ2v) is 11.1. The molecular formula is C32H29FN2O3. The number of hydrogen-bond acceptors (Lipinski definition) is 2. The van der Waals surface area contributed by atoms with Crippen LogP contribution in [0.15, 0.2) is 60.7 Å². The number of aromatic amines is 1. The summed E-state index contributed by atoms with van der Waals surface area (Å²) < 4.78 is 15.2. The number of halogens is 1. The zero-order valence-corrected chi connectivity index (χ0v) is 21.2. The van der Waals surface area contributed by atoms with Gasteiger partial charge in [-0.25, -0.2) is 4.39 Å². The van der Waals surface area contributed by atoms with Crippen molar-refractivity contribution in [1.29, 1.82) is 0 Å². The molecule has 3 aromatic carbocycles. The third-order valence-corrected chi connectivity index (χ3v) is 8.71. The predicted octanol–water partition coefficient (Wildman–Crippen LogP) is 6.80. The van der Waals surface area contributed by atoms with E-state index in [1.807, 2.05) is 35.2 Å². The second kappa shape index (κ2) is 8.55. The van der Waals surface area contributed by atoms with Crippen LogP contribution < -0.4 is 0 Å². The molecule has 3 atom stereocenters. The fraction of sp³-hybridized carbons (Fsp3) is 0.312.